The van der Waals surface area contributed by atoms with Crippen LogP contribution in [0.5, 0.6) is 0 Å². The van der Waals surface area contributed by atoms with Crippen molar-refractivity contribution in [3.63, 3.8) is 0 Å². The van der Waals surface area contributed by atoms with Crippen molar-refractivity contribution >= 4 is 0 Å². The van der Waals surface area contributed by atoms with Crippen molar-refractivity contribution in [2.45, 2.75) is 39.8 Å². The van der Waals surface area contributed by atoms with Crippen LogP contribution in [0.4, 0.5) is 0 Å². The number of aryl methyl sites for hydroxylation is 1. The van der Waals surface area contributed by atoms with Crippen LogP contribution in [-0.4, -0.2) is 45.8 Å². The average molecular weight is 237 g/mol. The van der Waals surface area contributed by atoms with Crippen LogP contribution >= 0.6 is 0 Å². The second kappa shape index (κ2) is 5.60. The lowest BCUT2D eigenvalue weighted by Crippen LogP contribution is -2.29. The molecule has 0 bridgehead atoms. The molecule has 0 spiro atoms. The van der Waals surface area contributed by atoms with E-state index in [1.807, 2.05) is 6.92 Å². The molecular weight excluding hydrogens is 214 g/mol. The van der Waals surface area contributed by atoms with Gasteiger partial charge in [-0.2, -0.15) is 0 Å². The maximum Gasteiger partial charge on any atom is 0.147 e. The first-order valence-corrected chi connectivity index (χ1v) is 6.52. The van der Waals surface area contributed by atoms with E-state index in [1.54, 1.807) is 0 Å². The number of hydrogen-bond acceptors (Lipinski definition) is 4. The van der Waals surface area contributed by atoms with Crippen LogP contribution in [0.1, 0.15) is 38.0 Å². The predicted octanol–water partition coefficient (Wildman–Crippen LogP) is 0.963. The molecular formula is C12H23N5. The number of aromatic nitrogens is 3. The molecule has 1 aromatic rings. The van der Waals surface area contributed by atoms with Crippen LogP contribution < -0.4 is 5.32 Å². The summed E-state index contributed by atoms with van der Waals surface area (Å²) in [5.41, 5.74) is 0. The van der Waals surface area contributed by atoms with Gasteiger partial charge in [-0.25, -0.2) is 0 Å². The Morgan fingerprint density at radius 3 is 2.82 bits per heavy atom. The number of nitrogens with one attached hydrogen (secondary N) is 1. The van der Waals surface area contributed by atoms with Crippen molar-refractivity contribution in [1.82, 2.24) is 25.0 Å². The minimum Gasteiger partial charge on any atom is -0.315 e. The van der Waals surface area contributed by atoms with Gasteiger partial charge < -0.3 is 9.88 Å². The molecule has 17 heavy (non-hydrogen) atoms. The van der Waals surface area contributed by atoms with Gasteiger partial charge in [0.25, 0.3) is 0 Å². The minimum atomic E-state index is 0.435. The summed E-state index contributed by atoms with van der Waals surface area (Å²) in [7, 11) is 0. The molecule has 96 valence electrons. The number of rotatable bonds is 3. The summed E-state index contributed by atoms with van der Waals surface area (Å²) in [6.07, 6.45) is 1.22. The molecule has 1 aliphatic rings. The Morgan fingerprint density at radius 2 is 2.06 bits per heavy atom. The summed E-state index contributed by atoms with van der Waals surface area (Å²) in [6.45, 7) is 11.8. The van der Waals surface area contributed by atoms with Crippen molar-refractivity contribution < 1.29 is 0 Å². The lowest BCUT2D eigenvalue weighted by molar-refractivity contribution is 0.270. The van der Waals surface area contributed by atoms with Crippen LogP contribution in [0.15, 0.2) is 0 Å². The molecule has 2 heterocycles. The van der Waals surface area contributed by atoms with E-state index < -0.39 is 0 Å². The lowest BCUT2D eigenvalue weighted by Gasteiger charge is -2.20. The number of hydrogen-bond donors (Lipinski definition) is 1. The van der Waals surface area contributed by atoms with E-state index in [9.17, 15) is 0 Å². The second-order valence-electron chi connectivity index (χ2n) is 5.01. The van der Waals surface area contributed by atoms with E-state index in [1.165, 1.54) is 6.42 Å². The van der Waals surface area contributed by atoms with E-state index >= 15 is 0 Å². The molecule has 0 aliphatic carbocycles. The summed E-state index contributed by atoms with van der Waals surface area (Å²) >= 11 is 0. The Kier molecular flexibility index (Phi) is 4.12. The number of nitrogens with zero attached hydrogens (tertiary/aromatic N) is 4. The Bertz CT molecular complexity index is 350. The van der Waals surface area contributed by atoms with Crippen molar-refractivity contribution in [2.75, 3.05) is 26.2 Å². The first-order chi connectivity index (χ1) is 8.18. The normalized spacial score (nSPS) is 18.6. The molecule has 0 saturated carbocycles. The van der Waals surface area contributed by atoms with Gasteiger partial charge >= 0.3 is 0 Å². The highest BCUT2D eigenvalue weighted by Gasteiger charge is 2.16. The van der Waals surface area contributed by atoms with Gasteiger partial charge in [0.1, 0.15) is 11.6 Å². The summed E-state index contributed by atoms with van der Waals surface area (Å²) < 4.78 is 2.23. The van der Waals surface area contributed by atoms with Crippen LogP contribution in [0.3, 0.4) is 0 Å². The van der Waals surface area contributed by atoms with E-state index in [2.05, 4.69) is 38.8 Å². The van der Waals surface area contributed by atoms with Crippen LogP contribution in [0.25, 0.3) is 0 Å². The molecule has 1 fully saturated rings. The molecule has 1 saturated heterocycles. The Morgan fingerprint density at radius 1 is 1.24 bits per heavy atom. The van der Waals surface area contributed by atoms with Crippen molar-refractivity contribution in [2.24, 2.45) is 0 Å². The Balaban J connectivity index is 2.06. The minimum absolute atomic E-state index is 0.435. The standard InChI is InChI=1S/C12H23N5/c1-10(2)17-11(3)14-15-12(17)9-16-7-4-5-13-6-8-16/h10,13H,4-9H2,1-3H3. The largest absolute Gasteiger partial charge is 0.315 e. The lowest BCUT2D eigenvalue weighted by atomic mass is 10.3. The Hall–Kier alpha value is -0.940. The molecule has 5 heteroatoms. The van der Waals surface area contributed by atoms with Crippen LogP contribution in [0, 0.1) is 6.92 Å². The fourth-order valence-corrected chi connectivity index (χ4v) is 2.45. The topological polar surface area (TPSA) is 46.0 Å². The third-order valence-electron chi connectivity index (χ3n) is 3.25. The summed E-state index contributed by atoms with van der Waals surface area (Å²) in [5, 5.41) is 11.9. The van der Waals surface area contributed by atoms with Gasteiger partial charge in [0.05, 0.1) is 6.54 Å². The van der Waals surface area contributed by atoms with Crippen molar-refractivity contribution in [3.8, 4) is 0 Å². The van der Waals surface area contributed by atoms with E-state index in [4.69, 9.17) is 0 Å². The molecule has 0 aromatic carbocycles. The maximum atomic E-state index is 4.31. The molecule has 5 nitrogen and oxygen atoms in total. The van der Waals surface area contributed by atoms with Gasteiger partial charge in [0.15, 0.2) is 0 Å². The van der Waals surface area contributed by atoms with Gasteiger partial charge in [0.2, 0.25) is 0 Å². The molecule has 2 rings (SSSR count). The highest BCUT2D eigenvalue weighted by Crippen LogP contribution is 2.13. The zero-order valence-electron chi connectivity index (χ0n) is 11.1. The molecule has 1 aromatic heterocycles. The van der Waals surface area contributed by atoms with Gasteiger partial charge in [0, 0.05) is 19.1 Å². The summed E-state index contributed by atoms with van der Waals surface area (Å²) in [4.78, 5) is 2.46. The average Bonchev–Trinajstić information content (AvgIpc) is 2.51. The summed E-state index contributed by atoms with van der Waals surface area (Å²) in [5.74, 6) is 2.11. The molecule has 0 unspecified atom stereocenters. The van der Waals surface area contributed by atoms with Gasteiger partial charge in [-0.3, -0.25) is 4.90 Å². The van der Waals surface area contributed by atoms with E-state index in [-0.39, 0.29) is 0 Å². The maximum absolute atomic E-state index is 4.31. The first kappa shape index (κ1) is 12.5. The van der Waals surface area contributed by atoms with Gasteiger partial charge in [-0.05, 0) is 40.3 Å². The van der Waals surface area contributed by atoms with E-state index in [0.717, 1.165) is 44.4 Å². The first-order valence-electron chi connectivity index (χ1n) is 6.52. The monoisotopic (exact) mass is 237 g/mol. The smallest absolute Gasteiger partial charge is 0.147 e. The SMILES string of the molecule is Cc1nnc(CN2CCCNCC2)n1C(C)C. The Labute approximate surface area is 103 Å². The molecule has 0 radical (unpaired) electrons. The molecule has 1 aliphatic heterocycles. The quantitative estimate of drug-likeness (QED) is 0.850. The second-order valence-corrected chi connectivity index (χ2v) is 5.01. The van der Waals surface area contributed by atoms with Crippen molar-refractivity contribution in [1.29, 1.82) is 0 Å². The zero-order chi connectivity index (χ0) is 12.3. The fraction of sp³-hybridized carbons (Fsp3) is 0.833. The predicted molar refractivity (Wildman–Crippen MR) is 67.9 cm³/mol. The molecule has 0 atom stereocenters. The van der Waals surface area contributed by atoms with Crippen LogP contribution in [0.2, 0.25) is 0 Å². The fourth-order valence-electron chi connectivity index (χ4n) is 2.45. The molecule has 1 N–H and O–H groups in total. The van der Waals surface area contributed by atoms with Gasteiger partial charge in [-0.1, -0.05) is 0 Å². The third-order valence-corrected chi connectivity index (χ3v) is 3.25. The third kappa shape index (κ3) is 3.04. The molecule has 0 amide bonds. The highest BCUT2D eigenvalue weighted by atomic mass is 15.3. The highest BCUT2D eigenvalue weighted by molar-refractivity contribution is 4.96. The van der Waals surface area contributed by atoms with Crippen molar-refractivity contribution in [3.05, 3.63) is 11.6 Å². The summed E-state index contributed by atoms with van der Waals surface area (Å²) in [6, 6.07) is 0.435. The van der Waals surface area contributed by atoms with Crippen LogP contribution in [-0.2, 0) is 6.54 Å². The van der Waals surface area contributed by atoms with E-state index in [0.29, 0.717) is 6.04 Å². The zero-order valence-corrected chi connectivity index (χ0v) is 11.1. The van der Waals surface area contributed by atoms with Gasteiger partial charge in [-0.15, -0.1) is 10.2 Å².